The number of nitrogens with zero attached hydrogens (tertiary/aromatic N) is 5. The molecule has 1 unspecified atom stereocenters. The van der Waals surface area contributed by atoms with Gasteiger partial charge in [0.05, 0.1) is 18.1 Å². The summed E-state index contributed by atoms with van der Waals surface area (Å²) in [7, 11) is 0. The van der Waals surface area contributed by atoms with Crippen molar-refractivity contribution in [1.82, 2.24) is 25.0 Å². The summed E-state index contributed by atoms with van der Waals surface area (Å²) < 4.78 is 13.2. The first kappa shape index (κ1) is 20.4. The quantitative estimate of drug-likeness (QED) is 0.382. The minimum atomic E-state index is -0.0538. The second-order valence-electron chi connectivity index (χ2n) is 8.22. The van der Waals surface area contributed by atoms with E-state index < -0.39 is 0 Å². The minimum Gasteiger partial charge on any atom is -0.467 e. The van der Waals surface area contributed by atoms with E-state index in [0.29, 0.717) is 18.3 Å². The Bertz CT molecular complexity index is 1110. The fraction of sp³-hybridized carbons (Fsp3) is 0.364. The highest BCUT2D eigenvalue weighted by molar-refractivity contribution is 7.99. The fourth-order valence-corrected chi connectivity index (χ4v) is 3.97. The van der Waals surface area contributed by atoms with Gasteiger partial charge in [0.2, 0.25) is 11.8 Å². The number of hydrogen-bond acceptors (Lipinski definition) is 7. The van der Waals surface area contributed by atoms with Crippen LogP contribution in [-0.4, -0.2) is 25.0 Å². The Morgan fingerprint density at radius 2 is 1.80 bits per heavy atom. The summed E-state index contributed by atoms with van der Waals surface area (Å²) >= 11 is 1.53. The van der Waals surface area contributed by atoms with Gasteiger partial charge in [-0.3, -0.25) is 4.57 Å². The van der Waals surface area contributed by atoms with Crippen LogP contribution in [0.4, 0.5) is 0 Å². The average molecular weight is 424 g/mol. The van der Waals surface area contributed by atoms with Crippen LogP contribution in [-0.2, 0) is 12.0 Å². The van der Waals surface area contributed by atoms with E-state index in [4.69, 9.17) is 8.83 Å². The van der Waals surface area contributed by atoms with E-state index >= 15 is 0 Å². The third-order valence-corrected chi connectivity index (χ3v) is 5.86. The molecule has 7 nitrogen and oxygen atoms in total. The van der Waals surface area contributed by atoms with Crippen LogP contribution in [0.5, 0.6) is 0 Å². The molecule has 0 N–H and O–H groups in total. The van der Waals surface area contributed by atoms with Crippen LogP contribution >= 0.6 is 11.8 Å². The summed E-state index contributed by atoms with van der Waals surface area (Å²) in [5, 5.41) is 17.7. The van der Waals surface area contributed by atoms with E-state index in [1.807, 2.05) is 19.1 Å². The molecule has 4 rings (SSSR count). The topological polar surface area (TPSA) is 82.8 Å². The second kappa shape index (κ2) is 8.10. The third kappa shape index (κ3) is 4.33. The molecule has 0 bridgehead atoms. The maximum atomic E-state index is 5.58. The molecule has 8 heteroatoms. The number of benzene rings is 1. The highest BCUT2D eigenvalue weighted by Gasteiger charge is 2.22. The number of aryl methyl sites for hydroxylation is 1. The molecule has 0 spiro atoms. The van der Waals surface area contributed by atoms with E-state index in [2.05, 4.69) is 70.0 Å². The van der Waals surface area contributed by atoms with Gasteiger partial charge in [0.1, 0.15) is 5.76 Å². The lowest BCUT2D eigenvalue weighted by Crippen LogP contribution is -2.10. The van der Waals surface area contributed by atoms with E-state index in [9.17, 15) is 0 Å². The van der Waals surface area contributed by atoms with Crippen molar-refractivity contribution >= 4 is 11.8 Å². The molecule has 0 aliphatic carbocycles. The van der Waals surface area contributed by atoms with Crippen LogP contribution < -0.4 is 0 Å². The normalized spacial score (nSPS) is 13.0. The maximum absolute atomic E-state index is 5.58. The summed E-state index contributed by atoms with van der Waals surface area (Å²) in [4.78, 5) is 0. The zero-order chi connectivity index (χ0) is 21.3. The molecule has 0 fully saturated rings. The Balaban J connectivity index is 1.68. The first-order valence-electron chi connectivity index (χ1n) is 9.84. The predicted octanol–water partition coefficient (Wildman–Crippen LogP) is 5.43. The summed E-state index contributed by atoms with van der Waals surface area (Å²) in [5.74, 6) is 2.75. The van der Waals surface area contributed by atoms with Gasteiger partial charge in [0.25, 0.3) is 0 Å². The van der Waals surface area contributed by atoms with Crippen molar-refractivity contribution in [2.75, 3.05) is 0 Å². The molecular formula is C22H25N5O2S. The van der Waals surface area contributed by atoms with Gasteiger partial charge in [0.15, 0.2) is 11.0 Å². The number of aromatic nitrogens is 5. The lowest BCUT2D eigenvalue weighted by molar-refractivity contribution is 0.469. The van der Waals surface area contributed by atoms with Crippen LogP contribution in [0.3, 0.4) is 0 Å². The second-order valence-corrected chi connectivity index (χ2v) is 9.53. The Morgan fingerprint density at radius 3 is 2.40 bits per heavy atom. The van der Waals surface area contributed by atoms with Crippen LogP contribution in [0.15, 0.2) is 56.7 Å². The molecule has 0 saturated carbocycles. The Morgan fingerprint density at radius 1 is 1.03 bits per heavy atom. The molecule has 30 heavy (non-hydrogen) atoms. The largest absolute Gasteiger partial charge is 0.467 e. The summed E-state index contributed by atoms with van der Waals surface area (Å²) in [6.07, 6.45) is 1.67. The molecule has 3 heterocycles. The molecule has 0 saturated heterocycles. The van der Waals surface area contributed by atoms with Gasteiger partial charge < -0.3 is 8.83 Å². The van der Waals surface area contributed by atoms with Gasteiger partial charge in [-0.1, -0.05) is 56.8 Å². The molecule has 4 aromatic rings. The van der Waals surface area contributed by atoms with E-state index in [1.54, 1.807) is 13.2 Å². The molecule has 1 atom stereocenters. The van der Waals surface area contributed by atoms with Crippen LogP contribution in [0, 0.1) is 6.92 Å². The SMILES string of the molecule is Cc1nnc(C(C)Sc2nnc(-c3ccc(C(C)(C)C)cc3)n2Cc2ccco2)o1. The smallest absolute Gasteiger partial charge is 0.229 e. The number of hydrogen-bond donors (Lipinski definition) is 0. The highest BCUT2D eigenvalue weighted by atomic mass is 32.2. The lowest BCUT2D eigenvalue weighted by Gasteiger charge is -2.19. The van der Waals surface area contributed by atoms with Crippen molar-refractivity contribution in [3.63, 3.8) is 0 Å². The molecular weight excluding hydrogens is 398 g/mol. The predicted molar refractivity (Wildman–Crippen MR) is 115 cm³/mol. The molecule has 3 aromatic heterocycles. The van der Waals surface area contributed by atoms with Crippen molar-refractivity contribution in [2.45, 2.75) is 57.0 Å². The summed E-state index contributed by atoms with van der Waals surface area (Å²) in [6.45, 7) is 11.0. The minimum absolute atomic E-state index is 0.0538. The lowest BCUT2D eigenvalue weighted by atomic mass is 9.87. The monoisotopic (exact) mass is 423 g/mol. The van der Waals surface area contributed by atoms with Crippen LogP contribution in [0.1, 0.15) is 56.1 Å². The fourth-order valence-electron chi connectivity index (χ4n) is 3.09. The highest BCUT2D eigenvalue weighted by Crippen LogP contribution is 2.35. The van der Waals surface area contributed by atoms with E-state index in [-0.39, 0.29) is 10.7 Å². The first-order chi connectivity index (χ1) is 14.3. The van der Waals surface area contributed by atoms with Gasteiger partial charge in [-0.25, -0.2) is 0 Å². The molecule has 0 aliphatic rings. The Labute approximate surface area is 179 Å². The maximum Gasteiger partial charge on any atom is 0.229 e. The molecule has 156 valence electrons. The standard InChI is InChI=1S/C22H25N5O2S/c1-14(20-25-23-15(2)29-20)30-21-26-24-19(27(21)13-18-7-6-12-28-18)16-8-10-17(11-9-16)22(3,4)5/h6-12,14H,13H2,1-5H3. The third-order valence-electron chi connectivity index (χ3n) is 4.79. The zero-order valence-corrected chi connectivity index (χ0v) is 18.6. The average Bonchev–Trinajstić information content (AvgIpc) is 3.44. The van der Waals surface area contributed by atoms with Crippen LogP contribution in [0.2, 0.25) is 0 Å². The van der Waals surface area contributed by atoms with Gasteiger partial charge >= 0.3 is 0 Å². The number of thioether (sulfide) groups is 1. The molecule has 0 radical (unpaired) electrons. The van der Waals surface area contributed by atoms with Gasteiger partial charge in [-0.2, -0.15) is 0 Å². The molecule has 0 amide bonds. The number of furan rings is 1. The van der Waals surface area contributed by atoms with Gasteiger partial charge in [0, 0.05) is 12.5 Å². The molecule has 0 aliphatic heterocycles. The van der Waals surface area contributed by atoms with Gasteiger partial charge in [-0.05, 0) is 30.0 Å². The van der Waals surface area contributed by atoms with Crippen molar-refractivity contribution in [2.24, 2.45) is 0 Å². The van der Waals surface area contributed by atoms with Crippen molar-refractivity contribution in [3.8, 4) is 11.4 Å². The Kier molecular flexibility index (Phi) is 5.51. The molecule has 1 aromatic carbocycles. The summed E-state index contributed by atoms with van der Waals surface area (Å²) in [6, 6.07) is 12.3. The van der Waals surface area contributed by atoms with Crippen molar-refractivity contribution < 1.29 is 8.83 Å². The Hall–Kier alpha value is -2.87. The summed E-state index contributed by atoms with van der Waals surface area (Å²) in [5.41, 5.74) is 2.38. The van der Waals surface area contributed by atoms with E-state index in [0.717, 1.165) is 22.3 Å². The van der Waals surface area contributed by atoms with Crippen LogP contribution in [0.25, 0.3) is 11.4 Å². The number of rotatable bonds is 6. The first-order valence-corrected chi connectivity index (χ1v) is 10.7. The van der Waals surface area contributed by atoms with Gasteiger partial charge in [-0.15, -0.1) is 20.4 Å². The van der Waals surface area contributed by atoms with Crippen molar-refractivity contribution in [1.29, 1.82) is 0 Å². The van der Waals surface area contributed by atoms with E-state index in [1.165, 1.54) is 17.3 Å². The van der Waals surface area contributed by atoms with Crippen molar-refractivity contribution in [3.05, 3.63) is 65.8 Å². The zero-order valence-electron chi connectivity index (χ0n) is 17.8.